The van der Waals surface area contributed by atoms with Crippen LogP contribution in [0.3, 0.4) is 0 Å². The standard InChI is InChI=1S/C13H17N5O2S2/c1-17-13(14-15-16-17)22-9-12(19)18-5-4-11(21-8-6-18)10-3-2-7-20-10/h2-3,7,11H,4-6,8-9H2,1H3/t11-/m0/s1. The van der Waals surface area contributed by atoms with Crippen LogP contribution in [0.15, 0.2) is 28.0 Å². The number of furan rings is 1. The average Bonchev–Trinajstić information content (AvgIpc) is 3.12. The van der Waals surface area contributed by atoms with Crippen molar-refractivity contribution in [1.82, 2.24) is 25.1 Å². The zero-order valence-electron chi connectivity index (χ0n) is 12.2. The third kappa shape index (κ3) is 3.64. The first-order valence-electron chi connectivity index (χ1n) is 7.02. The number of aryl methyl sites for hydroxylation is 1. The van der Waals surface area contributed by atoms with Crippen molar-refractivity contribution in [3.63, 3.8) is 0 Å². The van der Waals surface area contributed by atoms with E-state index in [0.29, 0.717) is 16.2 Å². The van der Waals surface area contributed by atoms with Gasteiger partial charge in [0.2, 0.25) is 11.1 Å². The first kappa shape index (κ1) is 15.4. The minimum Gasteiger partial charge on any atom is -0.468 e. The van der Waals surface area contributed by atoms with Gasteiger partial charge in [0.15, 0.2) is 0 Å². The molecule has 0 saturated carbocycles. The molecule has 0 spiro atoms. The summed E-state index contributed by atoms with van der Waals surface area (Å²) in [6.07, 6.45) is 2.62. The lowest BCUT2D eigenvalue weighted by atomic mass is 10.2. The molecule has 3 rings (SSSR count). The molecule has 0 unspecified atom stereocenters. The number of hydrogen-bond donors (Lipinski definition) is 0. The van der Waals surface area contributed by atoms with Gasteiger partial charge in [0.25, 0.3) is 0 Å². The van der Waals surface area contributed by atoms with Gasteiger partial charge in [0, 0.05) is 25.9 Å². The lowest BCUT2D eigenvalue weighted by Crippen LogP contribution is -2.34. The Bertz CT molecular complexity index is 616. The molecule has 7 nitrogen and oxygen atoms in total. The minimum atomic E-state index is 0.133. The summed E-state index contributed by atoms with van der Waals surface area (Å²) in [5.74, 6) is 2.42. The lowest BCUT2D eigenvalue weighted by molar-refractivity contribution is -0.128. The van der Waals surface area contributed by atoms with Crippen molar-refractivity contribution in [2.24, 2.45) is 7.05 Å². The largest absolute Gasteiger partial charge is 0.468 e. The molecular weight excluding hydrogens is 322 g/mol. The third-order valence-corrected chi connectivity index (χ3v) is 5.74. The van der Waals surface area contributed by atoms with Gasteiger partial charge < -0.3 is 9.32 Å². The van der Waals surface area contributed by atoms with Gasteiger partial charge in [-0.2, -0.15) is 0 Å². The summed E-state index contributed by atoms with van der Waals surface area (Å²) in [4.78, 5) is 14.3. The number of thioether (sulfide) groups is 2. The number of nitrogens with zero attached hydrogens (tertiary/aromatic N) is 5. The Hall–Kier alpha value is -1.48. The summed E-state index contributed by atoms with van der Waals surface area (Å²) in [5, 5.41) is 12.2. The Labute approximate surface area is 136 Å². The minimum absolute atomic E-state index is 0.133. The maximum atomic E-state index is 12.3. The van der Waals surface area contributed by atoms with Crippen molar-refractivity contribution in [3.05, 3.63) is 24.2 Å². The van der Waals surface area contributed by atoms with Crippen molar-refractivity contribution in [2.75, 3.05) is 24.6 Å². The molecule has 1 aliphatic heterocycles. The normalized spacial score (nSPS) is 19.1. The highest BCUT2D eigenvalue weighted by Gasteiger charge is 2.23. The highest BCUT2D eigenvalue weighted by atomic mass is 32.2. The molecule has 2 aromatic heterocycles. The average molecular weight is 339 g/mol. The summed E-state index contributed by atoms with van der Waals surface area (Å²) in [5.41, 5.74) is 0. The Morgan fingerprint density at radius 3 is 3.18 bits per heavy atom. The molecule has 22 heavy (non-hydrogen) atoms. The van der Waals surface area contributed by atoms with Crippen molar-refractivity contribution in [3.8, 4) is 0 Å². The van der Waals surface area contributed by atoms with Crippen molar-refractivity contribution < 1.29 is 9.21 Å². The number of carbonyl (C=O) groups excluding carboxylic acids is 1. The van der Waals surface area contributed by atoms with E-state index >= 15 is 0 Å². The molecule has 0 aliphatic carbocycles. The van der Waals surface area contributed by atoms with Crippen LogP contribution in [0.25, 0.3) is 0 Å². The van der Waals surface area contributed by atoms with Crippen LogP contribution in [0.1, 0.15) is 17.4 Å². The van der Waals surface area contributed by atoms with Crippen LogP contribution in [-0.4, -0.2) is 55.6 Å². The third-order valence-electron chi connectivity index (χ3n) is 3.46. The van der Waals surface area contributed by atoms with Crippen LogP contribution in [0.4, 0.5) is 0 Å². The predicted molar refractivity (Wildman–Crippen MR) is 84.6 cm³/mol. The van der Waals surface area contributed by atoms with Gasteiger partial charge in [-0.3, -0.25) is 4.79 Å². The number of aromatic nitrogens is 4. The summed E-state index contributed by atoms with van der Waals surface area (Å²) in [7, 11) is 1.77. The van der Waals surface area contributed by atoms with E-state index in [-0.39, 0.29) is 5.91 Å². The molecule has 1 saturated heterocycles. The fourth-order valence-electron chi connectivity index (χ4n) is 2.28. The zero-order valence-corrected chi connectivity index (χ0v) is 13.8. The molecule has 0 N–H and O–H groups in total. The number of rotatable bonds is 4. The van der Waals surface area contributed by atoms with E-state index in [4.69, 9.17) is 4.42 Å². The predicted octanol–water partition coefficient (Wildman–Crippen LogP) is 1.60. The van der Waals surface area contributed by atoms with Crippen molar-refractivity contribution in [1.29, 1.82) is 0 Å². The molecule has 1 aliphatic rings. The Kier molecular flexibility index (Phi) is 5.04. The Morgan fingerprint density at radius 1 is 1.55 bits per heavy atom. The van der Waals surface area contributed by atoms with E-state index < -0.39 is 0 Å². The maximum absolute atomic E-state index is 12.3. The highest BCUT2D eigenvalue weighted by Crippen LogP contribution is 2.34. The van der Waals surface area contributed by atoms with Gasteiger partial charge >= 0.3 is 0 Å². The molecule has 0 aromatic carbocycles. The first-order chi connectivity index (χ1) is 10.7. The van der Waals surface area contributed by atoms with Crippen LogP contribution in [0, 0.1) is 0 Å². The molecule has 2 aromatic rings. The summed E-state index contributed by atoms with van der Waals surface area (Å²) < 4.78 is 7.05. The molecule has 3 heterocycles. The first-order valence-corrected chi connectivity index (χ1v) is 9.05. The van der Waals surface area contributed by atoms with E-state index in [1.165, 1.54) is 11.8 Å². The molecule has 1 atom stereocenters. The van der Waals surface area contributed by atoms with Crippen LogP contribution >= 0.6 is 23.5 Å². The topological polar surface area (TPSA) is 77.1 Å². The number of amides is 1. The van der Waals surface area contributed by atoms with Gasteiger partial charge in [-0.05, 0) is 29.0 Å². The van der Waals surface area contributed by atoms with Crippen LogP contribution in [0.2, 0.25) is 0 Å². The van der Waals surface area contributed by atoms with E-state index in [9.17, 15) is 4.79 Å². The van der Waals surface area contributed by atoms with Crippen LogP contribution in [0.5, 0.6) is 0 Å². The number of carbonyl (C=O) groups is 1. The second kappa shape index (κ2) is 7.19. The van der Waals surface area contributed by atoms with Crippen LogP contribution < -0.4 is 0 Å². The summed E-state index contributed by atoms with van der Waals surface area (Å²) in [6, 6.07) is 3.92. The van der Waals surface area contributed by atoms with Crippen LogP contribution in [-0.2, 0) is 11.8 Å². The van der Waals surface area contributed by atoms with Gasteiger partial charge in [-0.25, -0.2) is 4.68 Å². The van der Waals surface area contributed by atoms with Crippen molar-refractivity contribution >= 4 is 29.4 Å². The maximum Gasteiger partial charge on any atom is 0.233 e. The second-order valence-corrected chi connectivity index (χ2v) is 7.17. The van der Waals surface area contributed by atoms with E-state index in [2.05, 4.69) is 15.5 Å². The van der Waals surface area contributed by atoms with Gasteiger partial charge in [-0.1, -0.05) is 11.8 Å². The highest BCUT2D eigenvalue weighted by molar-refractivity contribution is 8.00. The fraction of sp³-hybridized carbons (Fsp3) is 0.538. The molecule has 0 bridgehead atoms. The van der Waals surface area contributed by atoms with Crippen molar-refractivity contribution in [2.45, 2.75) is 16.8 Å². The molecule has 0 radical (unpaired) electrons. The second-order valence-electron chi connectivity index (χ2n) is 4.92. The Balaban J connectivity index is 1.52. The van der Waals surface area contributed by atoms with Gasteiger partial charge in [-0.15, -0.1) is 16.9 Å². The van der Waals surface area contributed by atoms with E-state index in [0.717, 1.165) is 31.0 Å². The van der Waals surface area contributed by atoms with E-state index in [1.807, 2.05) is 28.8 Å². The quantitative estimate of drug-likeness (QED) is 0.783. The number of tetrazole rings is 1. The fourth-order valence-corrected chi connectivity index (χ4v) is 4.22. The zero-order chi connectivity index (χ0) is 15.4. The Morgan fingerprint density at radius 2 is 2.45 bits per heavy atom. The molecular formula is C13H17N5O2S2. The van der Waals surface area contributed by atoms with Gasteiger partial charge in [0.1, 0.15) is 5.76 Å². The summed E-state index contributed by atoms with van der Waals surface area (Å²) >= 11 is 3.22. The molecule has 118 valence electrons. The van der Waals surface area contributed by atoms with Gasteiger partial charge in [0.05, 0.1) is 17.3 Å². The lowest BCUT2D eigenvalue weighted by Gasteiger charge is -2.19. The number of hydrogen-bond acceptors (Lipinski definition) is 7. The molecule has 1 fully saturated rings. The smallest absolute Gasteiger partial charge is 0.233 e. The molecule has 9 heteroatoms. The van der Waals surface area contributed by atoms with E-state index in [1.54, 1.807) is 18.0 Å². The monoisotopic (exact) mass is 339 g/mol. The SMILES string of the molecule is Cn1nnnc1SCC(=O)N1CCS[C@H](c2ccco2)CC1. The molecule has 1 amide bonds. The summed E-state index contributed by atoms with van der Waals surface area (Å²) in [6.45, 7) is 1.53.